The van der Waals surface area contributed by atoms with Crippen LogP contribution < -0.4 is 4.74 Å². The molecule has 0 N–H and O–H groups in total. The average molecular weight is 324 g/mol. The molecule has 6 heteroatoms. The molecule has 0 atom stereocenters. The van der Waals surface area contributed by atoms with Crippen LogP contribution in [0.5, 0.6) is 5.75 Å². The lowest BCUT2D eigenvalue weighted by Gasteiger charge is -2.07. The van der Waals surface area contributed by atoms with Gasteiger partial charge in [0.2, 0.25) is 0 Å². The molecule has 2 rings (SSSR count). The Morgan fingerprint density at radius 1 is 1.09 bits per heavy atom. The first-order chi connectivity index (χ1) is 10.5. The Bertz CT molecular complexity index is 689. The number of esters is 1. The first-order valence-corrected chi connectivity index (χ1v) is 7.36. The Labute approximate surface area is 131 Å². The number of ether oxygens (including phenoxy) is 2. The van der Waals surface area contributed by atoms with Crippen LogP contribution in [0, 0.1) is 11.6 Å². The van der Waals surface area contributed by atoms with Gasteiger partial charge < -0.3 is 9.47 Å². The number of halogens is 2. The molecule has 0 aromatic heterocycles. The molecular formula is C16H14F2O3S. The summed E-state index contributed by atoms with van der Waals surface area (Å²) in [5, 5.41) is 0. The summed E-state index contributed by atoms with van der Waals surface area (Å²) in [6.07, 6.45) is 0. The van der Waals surface area contributed by atoms with Crippen LogP contribution in [-0.2, 0) is 10.5 Å². The van der Waals surface area contributed by atoms with Crippen molar-refractivity contribution in [3.8, 4) is 5.75 Å². The second kappa shape index (κ2) is 7.26. The molecule has 0 radical (unpaired) electrons. The summed E-state index contributed by atoms with van der Waals surface area (Å²) < 4.78 is 36.9. The summed E-state index contributed by atoms with van der Waals surface area (Å²) in [7, 11) is 2.63. The lowest BCUT2D eigenvalue weighted by Crippen LogP contribution is -2.02. The van der Waals surface area contributed by atoms with Gasteiger partial charge in [-0.3, -0.25) is 0 Å². The van der Waals surface area contributed by atoms with Gasteiger partial charge in [-0.1, -0.05) is 6.07 Å². The summed E-state index contributed by atoms with van der Waals surface area (Å²) in [6, 6.07) is 8.72. The van der Waals surface area contributed by atoms with E-state index < -0.39 is 17.6 Å². The van der Waals surface area contributed by atoms with Crippen LogP contribution in [0.4, 0.5) is 8.78 Å². The first-order valence-electron chi connectivity index (χ1n) is 6.38. The summed E-state index contributed by atoms with van der Waals surface area (Å²) in [5.41, 5.74) is 0.582. The zero-order chi connectivity index (χ0) is 16.1. The molecule has 0 heterocycles. The maximum Gasteiger partial charge on any atom is 0.337 e. The average Bonchev–Trinajstić information content (AvgIpc) is 2.53. The third-order valence-electron chi connectivity index (χ3n) is 2.99. The van der Waals surface area contributed by atoms with Crippen molar-refractivity contribution in [3.05, 3.63) is 59.2 Å². The van der Waals surface area contributed by atoms with Crippen LogP contribution >= 0.6 is 11.8 Å². The second-order valence-electron chi connectivity index (χ2n) is 4.38. The Balaban J connectivity index is 2.08. The fourth-order valence-corrected chi connectivity index (χ4v) is 2.71. The summed E-state index contributed by atoms with van der Waals surface area (Å²) >= 11 is 1.29. The lowest BCUT2D eigenvalue weighted by molar-refractivity contribution is 0.0600. The number of methoxy groups -OCH3 is 2. The van der Waals surface area contributed by atoms with E-state index in [0.29, 0.717) is 16.2 Å². The molecule has 0 unspecified atom stereocenters. The van der Waals surface area contributed by atoms with Crippen LogP contribution in [0.2, 0.25) is 0 Å². The lowest BCUT2D eigenvalue weighted by atomic mass is 10.1. The third-order valence-corrected chi connectivity index (χ3v) is 4.03. The van der Waals surface area contributed by atoms with Crippen molar-refractivity contribution in [2.24, 2.45) is 0 Å². The quantitative estimate of drug-likeness (QED) is 0.614. The van der Waals surface area contributed by atoms with Gasteiger partial charge in [-0.25, -0.2) is 13.6 Å². The molecule has 0 bridgehead atoms. The number of hydrogen-bond donors (Lipinski definition) is 0. The number of carbonyl (C=O) groups is 1. The SMILES string of the molecule is COC(=O)c1ccc(CSc2ccc(OC)c(F)c2)c(F)c1. The van der Waals surface area contributed by atoms with Gasteiger partial charge in [0.05, 0.1) is 19.8 Å². The van der Waals surface area contributed by atoms with E-state index in [1.165, 1.54) is 50.2 Å². The number of rotatable bonds is 5. The van der Waals surface area contributed by atoms with E-state index in [-0.39, 0.29) is 11.3 Å². The Morgan fingerprint density at radius 3 is 2.45 bits per heavy atom. The number of benzene rings is 2. The molecule has 116 valence electrons. The van der Waals surface area contributed by atoms with Crippen LogP contribution in [0.3, 0.4) is 0 Å². The highest BCUT2D eigenvalue weighted by Gasteiger charge is 2.11. The molecule has 0 aliphatic heterocycles. The van der Waals surface area contributed by atoms with Crippen LogP contribution in [-0.4, -0.2) is 20.2 Å². The Hall–Kier alpha value is -2.08. The van der Waals surface area contributed by atoms with Gasteiger partial charge in [0.25, 0.3) is 0 Å². The highest BCUT2D eigenvalue weighted by molar-refractivity contribution is 7.98. The van der Waals surface area contributed by atoms with Gasteiger partial charge in [-0.15, -0.1) is 11.8 Å². The van der Waals surface area contributed by atoms with Crippen LogP contribution in [0.15, 0.2) is 41.3 Å². The molecule has 0 spiro atoms. The van der Waals surface area contributed by atoms with Crippen LogP contribution in [0.1, 0.15) is 15.9 Å². The van der Waals surface area contributed by atoms with Crippen molar-refractivity contribution in [2.45, 2.75) is 10.6 Å². The van der Waals surface area contributed by atoms with Crippen molar-refractivity contribution in [2.75, 3.05) is 14.2 Å². The van der Waals surface area contributed by atoms with Crippen molar-refractivity contribution >= 4 is 17.7 Å². The minimum Gasteiger partial charge on any atom is -0.494 e. The van der Waals surface area contributed by atoms with Gasteiger partial charge in [0.1, 0.15) is 5.82 Å². The highest BCUT2D eigenvalue weighted by Crippen LogP contribution is 2.28. The largest absolute Gasteiger partial charge is 0.494 e. The number of hydrogen-bond acceptors (Lipinski definition) is 4. The van der Waals surface area contributed by atoms with Gasteiger partial charge in [-0.2, -0.15) is 0 Å². The molecule has 2 aromatic carbocycles. The second-order valence-corrected chi connectivity index (χ2v) is 5.43. The van der Waals surface area contributed by atoms with Crippen molar-refractivity contribution in [1.82, 2.24) is 0 Å². The van der Waals surface area contributed by atoms with E-state index >= 15 is 0 Å². The predicted molar refractivity (Wildman–Crippen MR) is 80.3 cm³/mol. The van der Waals surface area contributed by atoms with Crippen molar-refractivity contribution < 1.29 is 23.0 Å². The van der Waals surface area contributed by atoms with Gasteiger partial charge >= 0.3 is 5.97 Å². The van der Waals surface area contributed by atoms with E-state index in [9.17, 15) is 13.6 Å². The fraction of sp³-hybridized carbons (Fsp3) is 0.188. The molecular weight excluding hydrogens is 310 g/mol. The summed E-state index contributed by atoms with van der Waals surface area (Å²) in [4.78, 5) is 12.0. The molecule has 0 fully saturated rings. The maximum absolute atomic E-state index is 13.9. The molecule has 3 nitrogen and oxygen atoms in total. The van der Waals surface area contributed by atoms with E-state index in [1.807, 2.05) is 0 Å². The minimum atomic E-state index is -0.588. The van der Waals surface area contributed by atoms with E-state index in [1.54, 1.807) is 6.07 Å². The normalized spacial score (nSPS) is 10.4. The topological polar surface area (TPSA) is 35.5 Å². The van der Waals surface area contributed by atoms with E-state index in [2.05, 4.69) is 4.74 Å². The van der Waals surface area contributed by atoms with Crippen molar-refractivity contribution in [3.63, 3.8) is 0 Å². The predicted octanol–water partition coefficient (Wildman–Crippen LogP) is 4.05. The molecule has 2 aromatic rings. The zero-order valence-corrected chi connectivity index (χ0v) is 12.9. The van der Waals surface area contributed by atoms with Crippen LogP contribution in [0.25, 0.3) is 0 Å². The monoisotopic (exact) mass is 324 g/mol. The smallest absolute Gasteiger partial charge is 0.337 e. The maximum atomic E-state index is 13.9. The zero-order valence-electron chi connectivity index (χ0n) is 12.1. The highest BCUT2D eigenvalue weighted by atomic mass is 32.2. The fourth-order valence-electron chi connectivity index (χ4n) is 1.81. The molecule has 0 amide bonds. The molecule has 0 saturated heterocycles. The van der Waals surface area contributed by atoms with E-state index in [4.69, 9.17) is 4.74 Å². The van der Waals surface area contributed by atoms with Gasteiger partial charge in [0, 0.05) is 10.6 Å². The van der Waals surface area contributed by atoms with E-state index in [0.717, 1.165) is 6.07 Å². The van der Waals surface area contributed by atoms with Gasteiger partial charge in [-0.05, 0) is 35.9 Å². The molecule has 0 saturated carbocycles. The first kappa shape index (κ1) is 16.3. The van der Waals surface area contributed by atoms with Gasteiger partial charge in [0.15, 0.2) is 11.6 Å². The summed E-state index contributed by atoms with van der Waals surface area (Å²) in [6.45, 7) is 0. The number of thioether (sulfide) groups is 1. The molecule has 22 heavy (non-hydrogen) atoms. The minimum absolute atomic E-state index is 0.157. The molecule has 0 aliphatic rings. The molecule has 0 aliphatic carbocycles. The summed E-state index contributed by atoms with van der Waals surface area (Å²) in [5.74, 6) is -1.06. The third kappa shape index (κ3) is 3.76. The Morgan fingerprint density at radius 2 is 1.86 bits per heavy atom. The van der Waals surface area contributed by atoms with Crippen molar-refractivity contribution in [1.29, 1.82) is 0 Å². The number of carbonyl (C=O) groups excluding carboxylic acids is 1. The standard InChI is InChI=1S/C16H14F2O3S/c1-20-15-6-5-12(8-14(15)18)22-9-11-4-3-10(7-13(11)17)16(19)21-2/h3-8H,9H2,1-2H3. The Kier molecular flexibility index (Phi) is 5.38.